The number of nitrogens with one attached hydrogen (secondary N) is 1. The van der Waals surface area contributed by atoms with Gasteiger partial charge in [-0.25, -0.2) is 9.37 Å². The van der Waals surface area contributed by atoms with Gasteiger partial charge in [-0.05, 0) is 48.5 Å². The number of nitrogens with zero attached hydrogens (tertiary/aromatic N) is 2. The predicted octanol–water partition coefficient (Wildman–Crippen LogP) is 4.36. The fraction of sp³-hybridized carbons (Fsp3) is 0.185. The first-order chi connectivity index (χ1) is 16.1. The highest BCUT2D eigenvalue weighted by molar-refractivity contribution is 6.15. The molecular formula is C27H25FN3O2+. The summed E-state index contributed by atoms with van der Waals surface area (Å²) in [5.41, 5.74) is 3.85. The van der Waals surface area contributed by atoms with Crippen molar-refractivity contribution in [2.75, 3.05) is 43.1 Å². The molecule has 5 rings (SSSR count). The van der Waals surface area contributed by atoms with Crippen molar-refractivity contribution in [3.05, 3.63) is 95.9 Å². The summed E-state index contributed by atoms with van der Waals surface area (Å²) in [6.07, 6.45) is 1.74. The molecule has 0 bridgehead atoms. The predicted molar refractivity (Wildman–Crippen MR) is 128 cm³/mol. The van der Waals surface area contributed by atoms with E-state index in [1.165, 1.54) is 17.8 Å². The molecule has 0 radical (unpaired) electrons. The zero-order valence-corrected chi connectivity index (χ0v) is 18.4. The topological polar surface area (TPSA) is 46.9 Å². The second-order valence-electron chi connectivity index (χ2n) is 8.11. The zero-order valence-electron chi connectivity index (χ0n) is 18.4. The summed E-state index contributed by atoms with van der Waals surface area (Å²) in [5.74, 6) is 0.255. The molecule has 166 valence electrons. The van der Waals surface area contributed by atoms with Gasteiger partial charge in [-0.15, -0.1) is 0 Å². The Morgan fingerprint density at radius 3 is 2.30 bits per heavy atom. The normalized spacial score (nSPS) is 13.9. The van der Waals surface area contributed by atoms with Gasteiger partial charge in [0.15, 0.2) is 6.20 Å². The molecule has 0 unspecified atom stereocenters. The molecule has 1 saturated heterocycles. The van der Waals surface area contributed by atoms with Crippen LogP contribution in [0.2, 0.25) is 0 Å². The maximum atomic E-state index is 14.3. The van der Waals surface area contributed by atoms with Crippen LogP contribution in [0.5, 0.6) is 5.75 Å². The summed E-state index contributed by atoms with van der Waals surface area (Å²) in [4.78, 5) is 21.2. The van der Waals surface area contributed by atoms with Crippen LogP contribution < -0.4 is 19.5 Å². The van der Waals surface area contributed by atoms with E-state index in [0.717, 1.165) is 37.4 Å². The quantitative estimate of drug-likeness (QED) is 0.431. The second kappa shape index (κ2) is 8.90. The number of anilines is 2. The first-order valence-corrected chi connectivity index (χ1v) is 11.0. The minimum atomic E-state index is -0.325. The Bertz CT molecular complexity index is 1280. The molecule has 0 saturated carbocycles. The standard InChI is InChI=1S/C27H24FN3O2/c1-33-22-10-7-19(8-11-22)27(32)24-18-29-25-12-9-20(28)17-23(25)26(24)31-15-13-30(14-16-31)21-5-3-2-4-6-21/h2-12,17-18H,13-16H2,1H3/p+1. The molecule has 1 N–H and O–H groups in total. The SMILES string of the molecule is COc1ccc(C(=O)c2c[nH+]c3ccc(F)cc3c2N2CCN(c3ccccc3)CC2)cc1. The Morgan fingerprint density at radius 2 is 1.61 bits per heavy atom. The van der Waals surface area contributed by atoms with Crippen LogP contribution in [0.25, 0.3) is 10.9 Å². The molecule has 5 nitrogen and oxygen atoms in total. The molecule has 4 aromatic rings. The molecule has 0 atom stereocenters. The minimum absolute atomic E-state index is 0.111. The van der Waals surface area contributed by atoms with E-state index in [1.807, 2.05) is 18.2 Å². The number of H-pyrrole nitrogens is 1. The van der Waals surface area contributed by atoms with Crippen molar-refractivity contribution in [1.82, 2.24) is 0 Å². The van der Waals surface area contributed by atoms with Crippen LogP contribution in [0.4, 0.5) is 15.8 Å². The number of aromatic amines is 1. The first kappa shape index (κ1) is 20.9. The summed E-state index contributed by atoms with van der Waals surface area (Å²) < 4.78 is 19.5. The van der Waals surface area contributed by atoms with E-state index in [4.69, 9.17) is 4.74 Å². The molecule has 1 aliphatic heterocycles. The fourth-order valence-corrected chi connectivity index (χ4v) is 4.44. The lowest BCUT2D eigenvalue weighted by atomic mass is 9.99. The van der Waals surface area contributed by atoms with Crippen LogP contribution in [0.15, 0.2) is 79.0 Å². The van der Waals surface area contributed by atoms with Gasteiger partial charge in [0.25, 0.3) is 0 Å². The fourth-order valence-electron chi connectivity index (χ4n) is 4.44. The number of hydrogen-bond donors (Lipinski definition) is 0. The number of halogens is 1. The van der Waals surface area contributed by atoms with Crippen molar-refractivity contribution in [3.8, 4) is 5.75 Å². The summed E-state index contributed by atoms with van der Waals surface area (Å²) in [7, 11) is 1.59. The minimum Gasteiger partial charge on any atom is -0.497 e. The average molecular weight is 443 g/mol. The highest BCUT2D eigenvalue weighted by atomic mass is 19.1. The second-order valence-corrected chi connectivity index (χ2v) is 8.11. The monoisotopic (exact) mass is 442 g/mol. The highest BCUT2D eigenvalue weighted by Gasteiger charge is 2.27. The highest BCUT2D eigenvalue weighted by Crippen LogP contribution is 2.32. The number of benzene rings is 3. The van der Waals surface area contributed by atoms with Gasteiger partial charge in [0.05, 0.1) is 18.2 Å². The van der Waals surface area contributed by atoms with Crippen molar-refractivity contribution in [1.29, 1.82) is 0 Å². The molecular weight excluding hydrogens is 417 g/mol. The smallest absolute Gasteiger partial charge is 0.213 e. The van der Waals surface area contributed by atoms with Crippen LogP contribution in [-0.2, 0) is 0 Å². The number of hydrogen-bond acceptors (Lipinski definition) is 4. The summed E-state index contributed by atoms with van der Waals surface area (Å²) in [6.45, 7) is 3.09. The van der Waals surface area contributed by atoms with Gasteiger partial charge in [0.2, 0.25) is 11.3 Å². The third kappa shape index (κ3) is 4.12. The number of fused-ring (bicyclic) bond motifs is 1. The van der Waals surface area contributed by atoms with Gasteiger partial charge in [0, 0.05) is 43.5 Å². The number of methoxy groups -OCH3 is 1. The van der Waals surface area contributed by atoms with Crippen molar-refractivity contribution in [2.45, 2.75) is 0 Å². The number of pyridine rings is 1. The number of para-hydroxylation sites is 1. The van der Waals surface area contributed by atoms with Gasteiger partial charge in [-0.2, -0.15) is 0 Å². The van der Waals surface area contributed by atoms with Crippen LogP contribution in [0.3, 0.4) is 0 Å². The van der Waals surface area contributed by atoms with E-state index in [9.17, 15) is 9.18 Å². The Morgan fingerprint density at radius 1 is 0.909 bits per heavy atom. The number of ketones is 1. The molecule has 1 aliphatic rings. The van der Waals surface area contributed by atoms with E-state index >= 15 is 0 Å². The van der Waals surface area contributed by atoms with Gasteiger partial charge in [-0.3, -0.25) is 4.79 Å². The number of piperazine rings is 1. The Hall–Kier alpha value is -3.93. The van der Waals surface area contributed by atoms with Crippen molar-refractivity contribution in [3.63, 3.8) is 0 Å². The van der Waals surface area contributed by atoms with E-state index in [-0.39, 0.29) is 11.6 Å². The van der Waals surface area contributed by atoms with Crippen LogP contribution in [-0.4, -0.2) is 39.1 Å². The Kier molecular flexibility index (Phi) is 5.65. The van der Waals surface area contributed by atoms with Crippen molar-refractivity contribution >= 4 is 28.1 Å². The lowest BCUT2D eigenvalue weighted by Gasteiger charge is -2.38. The molecule has 6 heteroatoms. The summed E-state index contributed by atoms with van der Waals surface area (Å²) in [6, 6.07) is 22.0. The lowest BCUT2D eigenvalue weighted by Crippen LogP contribution is -2.47. The van der Waals surface area contributed by atoms with Crippen LogP contribution in [0, 0.1) is 5.82 Å². The number of ether oxygens (including phenoxy) is 1. The summed E-state index contributed by atoms with van der Waals surface area (Å²) >= 11 is 0. The van der Waals surface area contributed by atoms with E-state index < -0.39 is 0 Å². The number of aromatic nitrogens is 1. The van der Waals surface area contributed by atoms with E-state index in [0.29, 0.717) is 22.3 Å². The van der Waals surface area contributed by atoms with Gasteiger partial charge in [-0.1, -0.05) is 18.2 Å². The maximum Gasteiger partial charge on any atom is 0.213 e. The molecule has 2 heterocycles. The molecule has 0 amide bonds. The Labute approximate surface area is 192 Å². The third-order valence-electron chi connectivity index (χ3n) is 6.18. The lowest BCUT2D eigenvalue weighted by molar-refractivity contribution is -0.344. The van der Waals surface area contributed by atoms with Gasteiger partial charge < -0.3 is 14.5 Å². The van der Waals surface area contributed by atoms with Crippen molar-refractivity contribution < 1.29 is 18.9 Å². The molecule has 0 aliphatic carbocycles. The van der Waals surface area contributed by atoms with Crippen LogP contribution in [0.1, 0.15) is 15.9 Å². The van der Waals surface area contributed by atoms with Crippen molar-refractivity contribution in [2.24, 2.45) is 0 Å². The summed E-state index contributed by atoms with van der Waals surface area (Å²) in [5, 5.41) is 0.711. The largest absolute Gasteiger partial charge is 0.497 e. The molecule has 1 aromatic heterocycles. The first-order valence-electron chi connectivity index (χ1n) is 11.0. The molecule has 1 fully saturated rings. The van der Waals surface area contributed by atoms with E-state index in [1.54, 1.807) is 43.6 Å². The number of carbonyl (C=O) groups is 1. The third-order valence-corrected chi connectivity index (χ3v) is 6.18. The Balaban J connectivity index is 1.53. The maximum absolute atomic E-state index is 14.3. The molecule has 3 aromatic carbocycles. The van der Waals surface area contributed by atoms with Crippen LogP contribution >= 0.6 is 0 Å². The number of rotatable bonds is 5. The zero-order chi connectivity index (χ0) is 22.8. The number of carbonyl (C=O) groups excluding carboxylic acids is 1. The van der Waals surface area contributed by atoms with E-state index in [2.05, 4.69) is 26.9 Å². The molecule has 0 spiro atoms. The average Bonchev–Trinajstić information content (AvgIpc) is 2.88. The van der Waals surface area contributed by atoms with Gasteiger partial charge in [0.1, 0.15) is 17.1 Å². The van der Waals surface area contributed by atoms with Gasteiger partial charge >= 0.3 is 0 Å². The molecule has 33 heavy (non-hydrogen) atoms.